The fourth-order valence-corrected chi connectivity index (χ4v) is 1.51. The molecule has 1 aromatic heterocycles. The van der Waals surface area contributed by atoms with E-state index in [9.17, 15) is 0 Å². The molecule has 0 saturated heterocycles. The minimum Gasteiger partial charge on any atom is -0.317 e. The van der Waals surface area contributed by atoms with Gasteiger partial charge in [-0.1, -0.05) is 26.0 Å². The number of nitrogens with zero attached hydrogens (tertiary/aromatic N) is 3. The summed E-state index contributed by atoms with van der Waals surface area (Å²) in [5, 5.41) is 7.48. The van der Waals surface area contributed by atoms with Crippen molar-refractivity contribution in [2.24, 2.45) is 0 Å². The first-order valence-electron chi connectivity index (χ1n) is 6.10. The highest BCUT2D eigenvalue weighted by atomic mass is 15.3. The largest absolute Gasteiger partial charge is 0.317 e. The standard InChI is InChI=1S/C12H22N4/c1-3-10-16-12(14-11-15-16)8-6-5-7-9-13-4-2/h5-6,11,13H,3-4,7-10H2,1-2H3. The molecule has 0 fully saturated rings. The fourth-order valence-electron chi connectivity index (χ4n) is 1.51. The molecule has 0 aromatic carbocycles. The lowest BCUT2D eigenvalue weighted by molar-refractivity contribution is 0.577. The lowest BCUT2D eigenvalue weighted by atomic mass is 10.3. The molecule has 1 rings (SSSR count). The zero-order valence-corrected chi connectivity index (χ0v) is 10.3. The van der Waals surface area contributed by atoms with Gasteiger partial charge in [-0.3, -0.25) is 0 Å². The minimum absolute atomic E-state index is 0.881. The van der Waals surface area contributed by atoms with Crippen LogP contribution in [-0.4, -0.2) is 27.9 Å². The van der Waals surface area contributed by atoms with Gasteiger partial charge in [0.2, 0.25) is 0 Å². The van der Waals surface area contributed by atoms with Gasteiger partial charge in [-0.2, -0.15) is 5.10 Å². The first-order chi connectivity index (χ1) is 7.88. The summed E-state index contributed by atoms with van der Waals surface area (Å²) in [6.45, 7) is 7.32. The van der Waals surface area contributed by atoms with Gasteiger partial charge in [0.25, 0.3) is 0 Å². The summed E-state index contributed by atoms with van der Waals surface area (Å²) in [5.74, 6) is 1.06. The lowest BCUT2D eigenvalue weighted by Crippen LogP contribution is -2.12. The van der Waals surface area contributed by atoms with Gasteiger partial charge in [-0.25, -0.2) is 9.67 Å². The molecule has 0 atom stereocenters. The van der Waals surface area contributed by atoms with Crippen LogP contribution in [-0.2, 0) is 13.0 Å². The monoisotopic (exact) mass is 222 g/mol. The van der Waals surface area contributed by atoms with Crippen LogP contribution in [0.15, 0.2) is 18.5 Å². The molecule has 1 aromatic rings. The maximum Gasteiger partial charge on any atom is 0.138 e. The summed E-state index contributed by atoms with van der Waals surface area (Å²) in [5.41, 5.74) is 0. The number of allylic oxidation sites excluding steroid dienone is 1. The van der Waals surface area contributed by atoms with Crippen LogP contribution in [0.25, 0.3) is 0 Å². The van der Waals surface area contributed by atoms with Gasteiger partial charge in [0.05, 0.1) is 0 Å². The number of rotatable bonds is 8. The highest BCUT2D eigenvalue weighted by Crippen LogP contribution is 1.98. The third-order valence-electron chi connectivity index (χ3n) is 2.34. The smallest absolute Gasteiger partial charge is 0.138 e. The summed E-state index contributed by atoms with van der Waals surface area (Å²) in [4.78, 5) is 4.25. The van der Waals surface area contributed by atoms with Crippen molar-refractivity contribution in [1.29, 1.82) is 0 Å². The molecule has 0 bridgehead atoms. The predicted octanol–water partition coefficient (Wildman–Crippen LogP) is 1.79. The van der Waals surface area contributed by atoms with Crippen LogP contribution in [0.1, 0.15) is 32.5 Å². The Bertz CT molecular complexity index is 304. The highest BCUT2D eigenvalue weighted by molar-refractivity contribution is 4.96. The summed E-state index contributed by atoms with van der Waals surface area (Å²) in [6.07, 6.45) is 9.07. The molecule has 1 heterocycles. The second kappa shape index (κ2) is 8.05. The average Bonchev–Trinajstić information content (AvgIpc) is 2.72. The number of nitrogens with one attached hydrogen (secondary N) is 1. The topological polar surface area (TPSA) is 42.7 Å². The minimum atomic E-state index is 0.881. The van der Waals surface area contributed by atoms with E-state index >= 15 is 0 Å². The Morgan fingerprint density at radius 2 is 2.25 bits per heavy atom. The first-order valence-corrected chi connectivity index (χ1v) is 6.10. The van der Waals surface area contributed by atoms with Gasteiger partial charge in [0.15, 0.2) is 0 Å². The molecule has 90 valence electrons. The normalized spacial score (nSPS) is 11.4. The molecule has 0 saturated carbocycles. The third kappa shape index (κ3) is 4.57. The fraction of sp³-hybridized carbons (Fsp3) is 0.667. The van der Waals surface area contributed by atoms with Crippen molar-refractivity contribution in [3.05, 3.63) is 24.3 Å². The SMILES string of the molecule is CCCn1ncnc1CC=CCCNCC. The third-order valence-corrected chi connectivity index (χ3v) is 2.34. The van der Waals surface area contributed by atoms with Crippen molar-refractivity contribution in [2.75, 3.05) is 13.1 Å². The summed E-state index contributed by atoms with van der Waals surface area (Å²) in [6, 6.07) is 0. The van der Waals surface area contributed by atoms with E-state index < -0.39 is 0 Å². The Morgan fingerprint density at radius 3 is 3.00 bits per heavy atom. The Balaban J connectivity index is 2.27. The number of hydrogen-bond donors (Lipinski definition) is 1. The maximum absolute atomic E-state index is 4.25. The predicted molar refractivity (Wildman–Crippen MR) is 66.3 cm³/mol. The van der Waals surface area contributed by atoms with Gasteiger partial charge in [-0.05, 0) is 25.9 Å². The van der Waals surface area contributed by atoms with E-state index in [1.54, 1.807) is 6.33 Å². The molecule has 0 unspecified atom stereocenters. The molecule has 0 aliphatic heterocycles. The van der Waals surface area contributed by atoms with E-state index in [-0.39, 0.29) is 0 Å². The van der Waals surface area contributed by atoms with Crippen molar-refractivity contribution < 1.29 is 0 Å². The van der Waals surface area contributed by atoms with Crippen LogP contribution >= 0.6 is 0 Å². The Labute approximate surface area is 97.8 Å². The molecule has 1 N–H and O–H groups in total. The van der Waals surface area contributed by atoms with Crippen LogP contribution in [0, 0.1) is 0 Å². The molecule has 0 aliphatic carbocycles. The van der Waals surface area contributed by atoms with Crippen molar-refractivity contribution in [2.45, 2.75) is 39.7 Å². The Hall–Kier alpha value is -1.16. The Morgan fingerprint density at radius 1 is 1.38 bits per heavy atom. The van der Waals surface area contributed by atoms with Crippen LogP contribution < -0.4 is 5.32 Å². The van der Waals surface area contributed by atoms with E-state index in [0.29, 0.717) is 0 Å². The maximum atomic E-state index is 4.25. The molecular weight excluding hydrogens is 200 g/mol. The molecule has 4 heteroatoms. The van der Waals surface area contributed by atoms with Crippen molar-refractivity contribution in [1.82, 2.24) is 20.1 Å². The van der Waals surface area contributed by atoms with Gasteiger partial charge < -0.3 is 5.32 Å². The second-order valence-electron chi connectivity index (χ2n) is 3.72. The lowest BCUT2D eigenvalue weighted by Gasteiger charge is -2.01. The van der Waals surface area contributed by atoms with Crippen molar-refractivity contribution in [3.8, 4) is 0 Å². The quantitative estimate of drug-likeness (QED) is 0.538. The van der Waals surface area contributed by atoms with Gasteiger partial charge in [-0.15, -0.1) is 0 Å². The zero-order valence-electron chi connectivity index (χ0n) is 10.3. The van der Waals surface area contributed by atoms with Crippen LogP contribution in [0.2, 0.25) is 0 Å². The van der Waals surface area contributed by atoms with E-state index in [2.05, 4.69) is 41.4 Å². The van der Waals surface area contributed by atoms with Crippen LogP contribution in [0.3, 0.4) is 0 Å². The zero-order chi connectivity index (χ0) is 11.6. The molecule has 16 heavy (non-hydrogen) atoms. The number of aromatic nitrogens is 3. The average molecular weight is 222 g/mol. The molecule has 0 radical (unpaired) electrons. The highest BCUT2D eigenvalue weighted by Gasteiger charge is 1.99. The van der Waals surface area contributed by atoms with Crippen molar-refractivity contribution in [3.63, 3.8) is 0 Å². The van der Waals surface area contributed by atoms with Crippen molar-refractivity contribution >= 4 is 0 Å². The van der Waals surface area contributed by atoms with Crippen LogP contribution in [0.5, 0.6) is 0 Å². The van der Waals surface area contributed by atoms with E-state index in [1.807, 2.05) is 4.68 Å². The summed E-state index contributed by atoms with van der Waals surface area (Å²) >= 11 is 0. The number of aryl methyl sites for hydroxylation is 1. The van der Waals surface area contributed by atoms with E-state index in [1.165, 1.54) is 0 Å². The molecule has 0 aliphatic rings. The van der Waals surface area contributed by atoms with Gasteiger partial charge in [0.1, 0.15) is 12.2 Å². The van der Waals surface area contributed by atoms with E-state index in [4.69, 9.17) is 0 Å². The molecular formula is C12H22N4. The van der Waals surface area contributed by atoms with Gasteiger partial charge in [0, 0.05) is 13.0 Å². The molecule has 0 amide bonds. The summed E-state index contributed by atoms with van der Waals surface area (Å²) < 4.78 is 1.98. The first kappa shape index (κ1) is 12.9. The molecule has 4 nitrogen and oxygen atoms in total. The number of hydrogen-bond acceptors (Lipinski definition) is 3. The second-order valence-corrected chi connectivity index (χ2v) is 3.72. The Kier molecular flexibility index (Phi) is 6.49. The van der Waals surface area contributed by atoms with Crippen LogP contribution in [0.4, 0.5) is 0 Å². The summed E-state index contributed by atoms with van der Waals surface area (Å²) in [7, 11) is 0. The van der Waals surface area contributed by atoms with E-state index in [0.717, 1.165) is 44.7 Å². The van der Waals surface area contributed by atoms with Gasteiger partial charge >= 0.3 is 0 Å². The molecule has 0 spiro atoms.